The van der Waals surface area contributed by atoms with E-state index in [2.05, 4.69) is 41.9 Å². The molecule has 0 bridgehead atoms. The van der Waals surface area contributed by atoms with Crippen LogP contribution in [0.25, 0.3) is 22.5 Å². The maximum atomic E-state index is 13.7. The molecule has 7 N–H and O–H groups in total. The highest BCUT2D eigenvalue weighted by molar-refractivity contribution is 5.99. The van der Waals surface area contributed by atoms with Crippen LogP contribution in [-0.2, 0) is 20.8 Å². The summed E-state index contributed by atoms with van der Waals surface area (Å²) in [5, 5.41) is 25.7. The molecule has 0 radical (unpaired) electrons. The van der Waals surface area contributed by atoms with Crippen molar-refractivity contribution in [1.82, 2.24) is 36.6 Å². The number of amides is 4. The maximum absolute atomic E-state index is 13.7. The van der Waals surface area contributed by atoms with Gasteiger partial charge in [-0.2, -0.15) is 5.21 Å². The van der Waals surface area contributed by atoms with E-state index in [4.69, 9.17) is 5.73 Å². The lowest BCUT2D eigenvalue weighted by Crippen LogP contribution is -2.48. The quantitative estimate of drug-likeness (QED) is 0.133. The molecule has 1 saturated heterocycles. The molecule has 3 aromatic carbocycles. The zero-order valence-electron chi connectivity index (χ0n) is 29.2. The zero-order chi connectivity index (χ0) is 35.7. The summed E-state index contributed by atoms with van der Waals surface area (Å²) in [4.78, 5) is 52.4. The standard InChI is InChI=1S/C38H45N9O4.ClH/c1-23-20-29(36(49)42-32-4-2-3-19-40-37(32)50)15-18-31(23)26-9-5-24(6-10-26)21-33(43-35(48)28-11-7-25(22-39)8-12-28)38(51)41-30-16-13-27(14-17-30)34-44-46-47-45-34;/h5-6,9-10,13-18,20,25,28,32-33H,2-4,7-8,11-12,19,21-22,39H2,1H3,(H,40,50)(H,41,51)(H,42,49)(H,43,48)(H,44,45,46,47);1H/t25-,28-,32-,33+;/m1./s1. The normalized spacial score (nSPS) is 19.3. The third-order valence-electron chi connectivity index (χ3n) is 9.97. The molecule has 1 aromatic heterocycles. The van der Waals surface area contributed by atoms with Crippen molar-refractivity contribution in [2.24, 2.45) is 17.6 Å². The Kier molecular flexibility index (Phi) is 13.1. The van der Waals surface area contributed by atoms with E-state index in [1.165, 1.54) is 0 Å². The van der Waals surface area contributed by atoms with Gasteiger partial charge in [0.2, 0.25) is 23.5 Å². The monoisotopic (exact) mass is 727 g/mol. The average molecular weight is 728 g/mol. The highest BCUT2D eigenvalue weighted by Gasteiger charge is 2.30. The van der Waals surface area contributed by atoms with Crippen LogP contribution >= 0.6 is 12.4 Å². The van der Waals surface area contributed by atoms with Gasteiger partial charge in [-0.05, 0) is 128 Å². The van der Waals surface area contributed by atoms with Crippen LogP contribution in [0.4, 0.5) is 5.69 Å². The van der Waals surface area contributed by atoms with Crippen molar-refractivity contribution in [3.8, 4) is 22.5 Å². The number of hydrogen-bond acceptors (Lipinski definition) is 8. The fraction of sp³-hybridized carbons (Fsp3) is 0.395. The maximum Gasteiger partial charge on any atom is 0.251 e. The van der Waals surface area contributed by atoms with Crippen LogP contribution in [0, 0.1) is 18.8 Å². The van der Waals surface area contributed by atoms with Crippen LogP contribution in [0.3, 0.4) is 0 Å². The molecule has 2 atom stereocenters. The molecule has 2 fully saturated rings. The fourth-order valence-electron chi connectivity index (χ4n) is 6.88. The summed E-state index contributed by atoms with van der Waals surface area (Å²) >= 11 is 0. The summed E-state index contributed by atoms with van der Waals surface area (Å²) in [6, 6.07) is 19.2. The molecule has 2 heterocycles. The predicted octanol–water partition coefficient (Wildman–Crippen LogP) is 4.09. The number of rotatable bonds is 11. The number of anilines is 1. The van der Waals surface area contributed by atoms with E-state index in [9.17, 15) is 19.2 Å². The molecule has 4 amide bonds. The van der Waals surface area contributed by atoms with E-state index in [1.807, 2.05) is 43.3 Å². The van der Waals surface area contributed by atoms with Crippen LogP contribution in [0.5, 0.6) is 0 Å². The molecule has 2 aliphatic rings. The Hall–Kier alpha value is -5.14. The van der Waals surface area contributed by atoms with Crippen molar-refractivity contribution in [3.05, 3.63) is 83.4 Å². The van der Waals surface area contributed by atoms with Gasteiger partial charge in [0, 0.05) is 35.7 Å². The molecular weight excluding hydrogens is 682 g/mol. The van der Waals surface area contributed by atoms with Gasteiger partial charge >= 0.3 is 0 Å². The summed E-state index contributed by atoms with van der Waals surface area (Å²) in [5.41, 5.74) is 11.4. The molecule has 52 heavy (non-hydrogen) atoms. The molecular formula is C38H46ClN9O4. The zero-order valence-corrected chi connectivity index (χ0v) is 30.0. The number of aromatic amines is 1. The smallest absolute Gasteiger partial charge is 0.251 e. The fourth-order valence-corrected chi connectivity index (χ4v) is 6.88. The van der Waals surface area contributed by atoms with Crippen molar-refractivity contribution < 1.29 is 19.2 Å². The van der Waals surface area contributed by atoms with Crippen molar-refractivity contribution in [3.63, 3.8) is 0 Å². The van der Waals surface area contributed by atoms with E-state index < -0.39 is 12.1 Å². The number of carbonyl (C=O) groups excluding carboxylic acids is 4. The number of nitrogens with zero attached hydrogens (tertiary/aromatic N) is 3. The van der Waals surface area contributed by atoms with E-state index in [-0.39, 0.29) is 42.0 Å². The lowest BCUT2D eigenvalue weighted by Gasteiger charge is -2.28. The van der Waals surface area contributed by atoms with Gasteiger partial charge in [-0.25, -0.2) is 0 Å². The van der Waals surface area contributed by atoms with Gasteiger partial charge in [-0.15, -0.1) is 22.6 Å². The van der Waals surface area contributed by atoms with Gasteiger partial charge in [0.1, 0.15) is 12.1 Å². The SMILES string of the molecule is Cc1cc(C(=O)N[C@@H]2CCCCNC2=O)ccc1-c1ccc(C[C@H](NC(=O)[C@H]2CC[C@H](CN)CC2)C(=O)Nc2ccc(-c3nn[nH]n3)cc2)cc1.Cl. The number of aryl methyl sites for hydroxylation is 1. The van der Waals surface area contributed by atoms with E-state index in [0.717, 1.165) is 66.3 Å². The van der Waals surface area contributed by atoms with Gasteiger partial charge in [-0.3, -0.25) is 19.2 Å². The molecule has 0 spiro atoms. The highest BCUT2D eigenvalue weighted by Crippen LogP contribution is 2.29. The van der Waals surface area contributed by atoms with Gasteiger partial charge in [0.15, 0.2) is 0 Å². The Morgan fingerprint density at radius 1 is 0.923 bits per heavy atom. The van der Waals surface area contributed by atoms with Crippen molar-refractivity contribution in [1.29, 1.82) is 0 Å². The van der Waals surface area contributed by atoms with Crippen LogP contribution in [-0.4, -0.2) is 69.4 Å². The van der Waals surface area contributed by atoms with E-state index >= 15 is 0 Å². The third-order valence-corrected chi connectivity index (χ3v) is 9.97. The average Bonchev–Trinajstić information content (AvgIpc) is 3.62. The Morgan fingerprint density at radius 3 is 2.33 bits per heavy atom. The first-order valence-corrected chi connectivity index (χ1v) is 17.7. The number of nitrogens with two attached hydrogens (primary N) is 1. The second-order valence-corrected chi connectivity index (χ2v) is 13.6. The summed E-state index contributed by atoms with van der Waals surface area (Å²) in [6.45, 7) is 3.21. The second-order valence-electron chi connectivity index (χ2n) is 13.6. The van der Waals surface area contributed by atoms with Crippen molar-refractivity contribution >= 4 is 41.7 Å². The molecule has 1 aliphatic heterocycles. The summed E-state index contributed by atoms with van der Waals surface area (Å²) in [7, 11) is 0. The van der Waals surface area contributed by atoms with Crippen LogP contribution in [0.15, 0.2) is 66.7 Å². The minimum absolute atomic E-state index is 0. The molecule has 6 rings (SSSR count). The van der Waals surface area contributed by atoms with Gasteiger partial charge in [0.25, 0.3) is 5.91 Å². The molecule has 0 unspecified atom stereocenters. The second kappa shape index (κ2) is 17.9. The topological polar surface area (TPSA) is 197 Å². The first kappa shape index (κ1) is 38.1. The Labute approximate surface area is 309 Å². The lowest BCUT2D eigenvalue weighted by molar-refractivity contribution is -0.130. The van der Waals surface area contributed by atoms with Crippen molar-refractivity contribution in [2.75, 3.05) is 18.4 Å². The number of nitrogens with one attached hydrogen (secondary N) is 5. The van der Waals surface area contributed by atoms with E-state index in [1.54, 1.807) is 30.3 Å². The lowest BCUT2D eigenvalue weighted by atomic mass is 9.81. The molecule has 1 aliphatic carbocycles. The Morgan fingerprint density at radius 2 is 1.65 bits per heavy atom. The minimum Gasteiger partial charge on any atom is -0.354 e. The number of halogens is 1. The van der Waals surface area contributed by atoms with Crippen molar-refractivity contribution in [2.45, 2.75) is 70.4 Å². The first-order valence-electron chi connectivity index (χ1n) is 17.7. The molecule has 13 nitrogen and oxygen atoms in total. The molecule has 274 valence electrons. The largest absolute Gasteiger partial charge is 0.354 e. The summed E-state index contributed by atoms with van der Waals surface area (Å²) in [6.07, 6.45) is 6.02. The number of hydrogen-bond donors (Lipinski definition) is 6. The van der Waals surface area contributed by atoms with Gasteiger partial charge in [-0.1, -0.05) is 30.3 Å². The Bertz CT molecular complexity index is 1830. The first-order chi connectivity index (χ1) is 24.8. The number of H-pyrrole nitrogens is 1. The summed E-state index contributed by atoms with van der Waals surface area (Å²) in [5.74, 6) is -0.119. The summed E-state index contributed by atoms with van der Waals surface area (Å²) < 4.78 is 0. The van der Waals surface area contributed by atoms with Gasteiger partial charge < -0.3 is 27.0 Å². The van der Waals surface area contributed by atoms with Crippen LogP contribution in [0.2, 0.25) is 0 Å². The minimum atomic E-state index is -0.803. The number of tetrazole rings is 1. The predicted molar refractivity (Wildman–Crippen MR) is 200 cm³/mol. The molecule has 1 saturated carbocycles. The van der Waals surface area contributed by atoms with Gasteiger partial charge in [0.05, 0.1) is 0 Å². The highest BCUT2D eigenvalue weighted by atomic mass is 35.5. The molecule has 4 aromatic rings. The number of aromatic nitrogens is 4. The van der Waals surface area contributed by atoms with E-state index in [0.29, 0.717) is 48.9 Å². The molecule has 14 heteroatoms. The third kappa shape index (κ3) is 9.59. The number of benzene rings is 3. The Balaban J connectivity index is 0.00000523. The van der Waals surface area contributed by atoms with Crippen LogP contribution < -0.4 is 27.0 Å². The van der Waals surface area contributed by atoms with Crippen LogP contribution in [0.1, 0.15) is 66.4 Å². The number of carbonyl (C=O) groups is 4.